The molecule has 4 heteroatoms. The summed E-state index contributed by atoms with van der Waals surface area (Å²) in [5, 5.41) is 5.96. The molecule has 11 aromatic rings. The Hall–Kier alpha value is -7.30. The van der Waals surface area contributed by atoms with Crippen molar-refractivity contribution in [3.05, 3.63) is 194 Å². The highest BCUT2D eigenvalue weighted by Gasteiger charge is 2.20. The number of hydrogen-bond acceptors (Lipinski definition) is 2. The Balaban J connectivity index is 1.06. The third-order valence-electron chi connectivity index (χ3n) is 10.7. The van der Waals surface area contributed by atoms with Crippen LogP contribution in [0.4, 0.5) is 0 Å². The molecule has 11 rings (SSSR count). The molecular formula is C50H32N4. The minimum atomic E-state index is 0.936. The Kier molecular flexibility index (Phi) is 6.82. The normalized spacial score (nSPS) is 11.7. The van der Waals surface area contributed by atoms with Crippen LogP contribution in [-0.2, 0) is 0 Å². The van der Waals surface area contributed by atoms with E-state index in [9.17, 15) is 0 Å². The monoisotopic (exact) mass is 688 g/mol. The van der Waals surface area contributed by atoms with E-state index in [-0.39, 0.29) is 0 Å². The molecule has 3 heterocycles. The molecule has 0 radical (unpaired) electrons. The standard InChI is InChI=1S/C50H32N4/c1-3-13-35(14-4-1)48-47-41(39-17-7-9-19-43(39)51-48)31-32-42-40-18-8-11-21-45(40)53(49(42)47)37-27-23-33(24-28-37)34-25-29-38(30-26-34)54-46-22-12-10-20-44(46)52-50(54)36-15-5-2-6-16-36/h1-32H. The van der Waals surface area contributed by atoms with Gasteiger partial charge in [0.25, 0.3) is 0 Å². The average Bonchev–Trinajstić information content (AvgIpc) is 3.81. The van der Waals surface area contributed by atoms with E-state index in [1.807, 2.05) is 12.1 Å². The van der Waals surface area contributed by atoms with E-state index in [4.69, 9.17) is 9.97 Å². The Morgan fingerprint density at radius 1 is 0.315 bits per heavy atom. The molecule has 0 unspecified atom stereocenters. The molecule has 54 heavy (non-hydrogen) atoms. The molecule has 4 nitrogen and oxygen atoms in total. The maximum Gasteiger partial charge on any atom is 0.145 e. The number of pyridine rings is 1. The van der Waals surface area contributed by atoms with Crippen molar-refractivity contribution in [1.29, 1.82) is 0 Å². The van der Waals surface area contributed by atoms with E-state index < -0.39 is 0 Å². The van der Waals surface area contributed by atoms with Crippen LogP contribution in [0.2, 0.25) is 0 Å². The zero-order valence-electron chi connectivity index (χ0n) is 29.3. The van der Waals surface area contributed by atoms with Gasteiger partial charge in [-0.05, 0) is 65.0 Å². The molecule has 0 amide bonds. The fraction of sp³-hybridized carbons (Fsp3) is 0. The average molecular weight is 689 g/mol. The summed E-state index contributed by atoms with van der Waals surface area (Å²) in [6.45, 7) is 0. The zero-order valence-corrected chi connectivity index (χ0v) is 29.3. The summed E-state index contributed by atoms with van der Waals surface area (Å²) in [5.41, 5.74) is 13.1. The molecule has 3 aromatic heterocycles. The van der Waals surface area contributed by atoms with E-state index in [0.29, 0.717) is 0 Å². The smallest absolute Gasteiger partial charge is 0.145 e. The number of nitrogens with zero attached hydrogens (tertiary/aromatic N) is 4. The number of para-hydroxylation sites is 4. The number of rotatable bonds is 5. The highest BCUT2D eigenvalue weighted by Crippen LogP contribution is 2.42. The Labute approximate surface area is 311 Å². The summed E-state index contributed by atoms with van der Waals surface area (Å²) in [6, 6.07) is 68.9. The van der Waals surface area contributed by atoms with Crippen LogP contribution < -0.4 is 0 Å². The van der Waals surface area contributed by atoms with Crippen LogP contribution in [0.3, 0.4) is 0 Å². The van der Waals surface area contributed by atoms with Gasteiger partial charge < -0.3 is 4.57 Å². The molecule has 0 aliphatic heterocycles. The second-order valence-electron chi connectivity index (χ2n) is 13.8. The fourth-order valence-corrected chi connectivity index (χ4v) is 8.24. The summed E-state index contributed by atoms with van der Waals surface area (Å²) in [5.74, 6) is 0.936. The largest absolute Gasteiger partial charge is 0.309 e. The first kappa shape index (κ1) is 30.3. The second kappa shape index (κ2) is 12.1. The molecule has 8 aromatic carbocycles. The van der Waals surface area contributed by atoms with Gasteiger partial charge >= 0.3 is 0 Å². The van der Waals surface area contributed by atoms with Gasteiger partial charge in [0, 0.05) is 44.0 Å². The molecular weight excluding hydrogens is 657 g/mol. The van der Waals surface area contributed by atoms with E-state index in [0.717, 1.165) is 72.5 Å². The third kappa shape index (κ3) is 4.70. The lowest BCUT2D eigenvalue weighted by Crippen LogP contribution is -1.98. The van der Waals surface area contributed by atoms with Crippen molar-refractivity contribution in [3.8, 4) is 45.1 Å². The second-order valence-corrected chi connectivity index (χ2v) is 13.8. The van der Waals surface area contributed by atoms with E-state index in [1.54, 1.807) is 0 Å². The predicted octanol–water partition coefficient (Wildman–Crippen LogP) is 12.8. The van der Waals surface area contributed by atoms with Crippen LogP contribution in [0, 0.1) is 0 Å². The van der Waals surface area contributed by atoms with Gasteiger partial charge in [-0.2, -0.15) is 0 Å². The summed E-state index contributed by atoms with van der Waals surface area (Å²) in [4.78, 5) is 10.4. The highest BCUT2D eigenvalue weighted by molar-refractivity contribution is 6.25. The molecule has 0 aliphatic rings. The molecule has 0 atom stereocenters. The number of fused-ring (bicyclic) bond motifs is 8. The van der Waals surface area contributed by atoms with Crippen molar-refractivity contribution in [2.45, 2.75) is 0 Å². The zero-order chi connectivity index (χ0) is 35.6. The van der Waals surface area contributed by atoms with Gasteiger partial charge in [0.05, 0.1) is 33.3 Å². The van der Waals surface area contributed by atoms with Gasteiger partial charge in [-0.1, -0.05) is 146 Å². The van der Waals surface area contributed by atoms with Crippen molar-refractivity contribution >= 4 is 54.5 Å². The maximum absolute atomic E-state index is 5.33. The lowest BCUT2D eigenvalue weighted by molar-refractivity contribution is 1.10. The Bertz CT molecular complexity index is 3170. The summed E-state index contributed by atoms with van der Waals surface area (Å²) in [6.07, 6.45) is 0. The van der Waals surface area contributed by atoms with Crippen molar-refractivity contribution in [2.75, 3.05) is 0 Å². The van der Waals surface area contributed by atoms with Crippen LogP contribution in [0.1, 0.15) is 0 Å². The Morgan fingerprint density at radius 2 is 0.852 bits per heavy atom. The lowest BCUT2D eigenvalue weighted by atomic mass is 9.97. The summed E-state index contributed by atoms with van der Waals surface area (Å²) >= 11 is 0. The van der Waals surface area contributed by atoms with E-state index in [1.165, 1.54) is 27.2 Å². The van der Waals surface area contributed by atoms with Crippen molar-refractivity contribution in [3.63, 3.8) is 0 Å². The minimum Gasteiger partial charge on any atom is -0.309 e. The molecule has 0 fully saturated rings. The number of imidazole rings is 1. The first-order valence-electron chi connectivity index (χ1n) is 18.3. The van der Waals surface area contributed by atoms with Crippen molar-refractivity contribution in [1.82, 2.24) is 19.1 Å². The number of benzene rings is 8. The van der Waals surface area contributed by atoms with Gasteiger partial charge in [-0.25, -0.2) is 9.97 Å². The van der Waals surface area contributed by atoms with Gasteiger partial charge in [-0.3, -0.25) is 4.57 Å². The Morgan fingerprint density at radius 3 is 1.56 bits per heavy atom. The molecule has 0 spiro atoms. The third-order valence-corrected chi connectivity index (χ3v) is 10.7. The topological polar surface area (TPSA) is 35.6 Å². The van der Waals surface area contributed by atoms with Crippen LogP contribution in [0.15, 0.2) is 194 Å². The molecule has 0 aliphatic carbocycles. The fourth-order valence-electron chi connectivity index (χ4n) is 8.24. The van der Waals surface area contributed by atoms with Crippen molar-refractivity contribution in [2.24, 2.45) is 0 Å². The van der Waals surface area contributed by atoms with Crippen molar-refractivity contribution < 1.29 is 0 Å². The van der Waals surface area contributed by atoms with Crippen LogP contribution in [0.25, 0.3) is 99.7 Å². The van der Waals surface area contributed by atoms with Gasteiger partial charge in [-0.15, -0.1) is 0 Å². The molecule has 252 valence electrons. The quantitative estimate of drug-likeness (QED) is 0.169. The first-order valence-corrected chi connectivity index (χ1v) is 18.3. The number of hydrogen-bond donors (Lipinski definition) is 0. The summed E-state index contributed by atoms with van der Waals surface area (Å²) in [7, 11) is 0. The van der Waals surface area contributed by atoms with E-state index in [2.05, 4.69) is 191 Å². The molecule has 0 N–H and O–H groups in total. The number of aromatic nitrogens is 4. The predicted molar refractivity (Wildman–Crippen MR) is 225 cm³/mol. The molecule has 0 saturated carbocycles. The van der Waals surface area contributed by atoms with Crippen LogP contribution in [0.5, 0.6) is 0 Å². The van der Waals surface area contributed by atoms with Gasteiger partial charge in [0.1, 0.15) is 5.82 Å². The first-order chi connectivity index (χ1) is 26.8. The highest BCUT2D eigenvalue weighted by atomic mass is 15.1. The van der Waals surface area contributed by atoms with Crippen LogP contribution in [-0.4, -0.2) is 19.1 Å². The summed E-state index contributed by atoms with van der Waals surface area (Å²) < 4.78 is 4.68. The maximum atomic E-state index is 5.33. The van der Waals surface area contributed by atoms with E-state index >= 15 is 0 Å². The molecule has 0 saturated heterocycles. The minimum absolute atomic E-state index is 0.936. The van der Waals surface area contributed by atoms with Crippen LogP contribution >= 0.6 is 0 Å². The van der Waals surface area contributed by atoms with Gasteiger partial charge in [0.15, 0.2) is 0 Å². The molecule has 0 bridgehead atoms. The lowest BCUT2D eigenvalue weighted by Gasteiger charge is -2.15. The van der Waals surface area contributed by atoms with Gasteiger partial charge in [0.2, 0.25) is 0 Å². The SMILES string of the molecule is c1ccc(-c2nc3ccccc3c3ccc4c5ccccc5n(-c5ccc(-c6ccc(-n7c(-c8ccccc8)nc8ccccc87)cc6)cc5)c4c23)cc1.